The fourth-order valence-electron chi connectivity index (χ4n) is 3.88. The molecule has 0 spiro atoms. The average molecular weight is 377 g/mol. The number of amides is 2. The fraction of sp³-hybridized carbons (Fsp3) is 0.826. The first-order chi connectivity index (χ1) is 13.1. The number of carbonyl (C=O) groups excluding carboxylic acids is 2. The van der Waals surface area contributed by atoms with Gasteiger partial charge in [0.1, 0.15) is 0 Å². The van der Waals surface area contributed by atoms with Crippen molar-refractivity contribution in [1.29, 1.82) is 0 Å². The molecule has 0 aromatic carbocycles. The number of carbonyl (C=O) groups is 2. The van der Waals surface area contributed by atoms with E-state index in [0.29, 0.717) is 0 Å². The molecule has 4 unspecified atom stereocenters. The summed E-state index contributed by atoms with van der Waals surface area (Å²) in [7, 11) is 0. The highest BCUT2D eigenvalue weighted by atomic mass is 16.2. The lowest BCUT2D eigenvalue weighted by Gasteiger charge is -2.34. The Morgan fingerprint density at radius 3 is 2.00 bits per heavy atom. The Morgan fingerprint density at radius 1 is 0.926 bits per heavy atom. The highest BCUT2D eigenvalue weighted by Gasteiger charge is 2.30. The standard InChI is InChI=1S/C23H40N2O2/c1-5-9-14-18(8-4)22(26)24-20-16-11-12-17-21(20)25-23(27)19(13-7-3)15-10-6-2/h18-21H,5-6,8-12,14-17H2,1-4H3,(H,24,26)(H,25,27). The van der Waals surface area contributed by atoms with Crippen molar-refractivity contribution < 1.29 is 9.59 Å². The minimum Gasteiger partial charge on any atom is -0.351 e. The van der Waals surface area contributed by atoms with Gasteiger partial charge in [-0.2, -0.15) is 0 Å². The van der Waals surface area contributed by atoms with Crippen LogP contribution >= 0.6 is 0 Å². The minimum absolute atomic E-state index is 0.0293. The van der Waals surface area contributed by atoms with E-state index in [9.17, 15) is 9.59 Å². The van der Waals surface area contributed by atoms with Gasteiger partial charge in [-0.15, -0.1) is 5.92 Å². The van der Waals surface area contributed by atoms with Crippen molar-refractivity contribution in [3.05, 3.63) is 0 Å². The van der Waals surface area contributed by atoms with E-state index in [-0.39, 0.29) is 35.7 Å². The first kappa shape index (κ1) is 23.5. The van der Waals surface area contributed by atoms with Crippen LogP contribution < -0.4 is 10.6 Å². The third kappa shape index (κ3) is 8.37. The first-order valence-electron chi connectivity index (χ1n) is 11.1. The van der Waals surface area contributed by atoms with E-state index in [1.807, 2.05) is 0 Å². The van der Waals surface area contributed by atoms with Gasteiger partial charge in [-0.3, -0.25) is 9.59 Å². The zero-order valence-corrected chi connectivity index (χ0v) is 17.9. The fourth-order valence-corrected chi connectivity index (χ4v) is 3.88. The summed E-state index contributed by atoms with van der Waals surface area (Å²) in [5.41, 5.74) is 0. The van der Waals surface area contributed by atoms with Crippen molar-refractivity contribution in [1.82, 2.24) is 10.6 Å². The van der Waals surface area contributed by atoms with Crippen LogP contribution in [0, 0.1) is 23.7 Å². The Hall–Kier alpha value is -1.50. The van der Waals surface area contributed by atoms with Gasteiger partial charge in [0, 0.05) is 18.0 Å². The zero-order chi connectivity index (χ0) is 20.1. The third-order valence-electron chi connectivity index (χ3n) is 5.67. The van der Waals surface area contributed by atoms with E-state index in [4.69, 9.17) is 0 Å². The number of nitrogens with one attached hydrogen (secondary N) is 2. The molecular weight excluding hydrogens is 336 g/mol. The van der Waals surface area contributed by atoms with Crippen LogP contribution in [0.15, 0.2) is 0 Å². The van der Waals surface area contributed by atoms with Crippen LogP contribution in [0.2, 0.25) is 0 Å². The number of hydrogen-bond donors (Lipinski definition) is 2. The summed E-state index contributed by atoms with van der Waals surface area (Å²) in [6.45, 7) is 8.16. The molecule has 2 amide bonds. The first-order valence-corrected chi connectivity index (χ1v) is 11.1. The lowest BCUT2D eigenvalue weighted by Crippen LogP contribution is -2.55. The Balaban J connectivity index is 2.69. The molecule has 4 heteroatoms. The van der Waals surface area contributed by atoms with E-state index in [1.165, 1.54) is 0 Å². The van der Waals surface area contributed by atoms with Gasteiger partial charge in [-0.25, -0.2) is 0 Å². The van der Waals surface area contributed by atoms with Crippen LogP contribution in [0.4, 0.5) is 0 Å². The number of unbranched alkanes of at least 4 members (excludes halogenated alkanes) is 2. The van der Waals surface area contributed by atoms with Crippen molar-refractivity contribution >= 4 is 11.8 Å². The quantitative estimate of drug-likeness (QED) is 0.519. The molecule has 0 aromatic rings. The number of hydrogen-bond acceptors (Lipinski definition) is 2. The van der Waals surface area contributed by atoms with Crippen molar-refractivity contribution in [2.24, 2.45) is 11.8 Å². The van der Waals surface area contributed by atoms with Gasteiger partial charge < -0.3 is 10.6 Å². The molecule has 0 aliphatic heterocycles. The van der Waals surface area contributed by atoms with Crippen molar-refractivity contribution in [2.45, 2.75) is 110 Å². The van der Waals surface area contributed by atoms with Crippen LogP contribution in [-0.4, -0.2) is 23.9 Å². The maximum atomic E-state index is 12.7. The van der Waals surface area contributed by atoms with Crippen LogP contribution in [-0.2, 0) is 9.59 Å². The topological polar surface area (TPSA) is 58.2 Å². The molecule has 1 rings (SSSR count). The molecule has 1 fully saturated rings. The highest BCUT2D eigenvalue weighted by Crippen LogP contribution is 2.21. The minimum atomic E-state index is -0.235. The summed E-state index contributed by atoms with van der Waals surface area (Å²) < 4.78 is 0. The largest absolute Gasteiger partial charge is 0.351 e. The second-order valence-corrected chi connectivity index (χ2v) is 7.85. The zero-order valence-electron chi connectivity index (χ0n) is 17.9. The van der Waals surface area contributed by atoms with E-state index in [1.54, 1.807) is 6.92 Å². The third-order valence-corrected chi connectivity index (χ3v) is 5.67. The van der Waals surface area contributed by atoms with Crippen molar-refractivity contribution in [3.63, 3.8) is 0 Å². The van der Waals surface area contributed by atoms with E-state index < -0.39 is 0 Å². The molecule has 1 aliphatic rings. The normalized spacial score (nSPS) is 21.5. The van der Waals surface area contributed by atoms with Gasteiger partial charge in [0.15, 0.2) is 0 Å². The summed E-state index contributed by atoms with van der Waals surface area (Å²) >= 11 is 0. The van der Waals surface area contributed by atoms with E-state index in [2.05, 4.69) is 43.2 Å². The Morgan fingerprint density at radius 2 is 1.48 bits per heavy atom. The summed E-state index contributed by atoms with van der Waals surface area (Å²) in [5, 5.41) is 6.47. The molecule has 0 saturated heterocycles. The predicted octanol–water partition coefficient (Wildman–Crippen LogP) is 4.58. The molecular formula is C23H40N2O2. The summed E-state index contributed by atoms with van der Waals surface area (Å²) in [6.07, 6.45) is 11.0. The predicted molar refractivity (Wildman–Crippen MR) is 112 cm³/mol. The Bertz CT molecular complexity index is 506. The van der Waals surface area contributed by atoms with Gasteiger partial charge >= 0.3 is 0 Å². The molecule has 0 aromatic heterocycles. The lowest BCUT2D eigenvalue weighted by molar-refractivity contribution is -0.128. The molecule has 27 heavy (non-hydrogen) atoms. The second-order valence-electron chi connectivity index (χ2n) is 7.85. The molecule has 4 nitrogen and oxygen atoms in total. The van der Waals surface area contributed by atoms with E-state index in [0.717, 1.165) is 70.6 Å². The van der Waals surface area contributed by atoms with Crippen LogP contribution in [0.1, 0.15) is 98.3 Å². The van der Waals surface area contributed by atoms with Gasteiger partial charge in [0.25, 0.3) is 0 Å². The lowest BCUT2D eigenvalue weighted by atomic mass is 9.88. The summed E-state index contributed by atoms with van der Waals surface area (Å²) in [4.78, 5) is 25.5. The van der Waals surface area contributed by atoms with Crippen LogP contribution in [0.25, 0.3) is 0 Å². The van der Waals surface area contributed by atoms with Gasteiger partial charge in [-0.05, 0) is 39.0 Å². The smallest absolute Gasteiger partial charge is 0.235 e. The van der Waals surface area contributed by atoms with Gasteiger partial charge in [-0.1, -0.05) is 65.2 Å². The monoisotopic (exact) mass is 376 g/mol. The average Bonchev–Trinajstić information content (AvgIpc) is 2.67. The van der Waals surface area contributed by atoms with Crippen LogP contribution in [0.5, 0.6) is 0 Å². The molecule has 2 N–H and O–H groups in total. The highest BCUT2D eigenvalue weighted by molar-refractivity contribution is 5.82. The summed E-state index contributed by atoms with van der Waals surface area (Å²) in [6, 6.07) is 0.0777. The Kier molecular flexibility index (Phi) is 11.9. The molecule has 0 bridgehead atoms. The Labute approximate surface area is 166 Å². The maximum Gasteiger partial charge on any atom is 0.235 e. The number of rotatable bonds is 11. The SMILES string of the molecule is CC#CC(CCCC)C(=O)NC1CCCCC1NC(=O)C(CC)CCCC. The maximum absolute atomic E-state index is 12.7. The molecule has 4 atom stereocenters. The van der Waals surface area contributed by atoms with Crippen LogP contribution in [0.3, 0.4) is 0 Å². The van der Waals surface area contributed by atoms with Crippen molar-refractivity contribution in [2.75, 3.05) is 0 Å². The molecule has 154 valence electrons. The molecule has 0 radical (unpaired) electrons. The van der Waals surface area contributed by atoms with Gasteiger partial charge in [0.05, 0.1) is 5.92 Å². The van der Waals surface area contributed by atoms with E-state index >= 15 is 0 Å². The molecule has 1 saturated carbocycles. The summed E-state index contributed by atoms with van der Waals surface area (Å²) in [5.74, 6) is 6.01. The molecule has 1 aliphatic carbocycles. The second kappa shape index (κ2) is 13.6. The molecule has 0 heterocycles. The van der Waals surface area contributed by atoms with Gasteiger partial charge in [0.2, 0.25) is 11.8 Å². The van der Waals surface area contributed by atoms with Crippen molar-refractivity contribution in [3.8, 4) is 11.8 Å².